The first-order valence-electron chi connectivity index (χ1n) is 5.63. The number of nitrogens with zero attached hydrogens (tertiary/aromatic N) is 1. The van der Waals surface area contributed by atoms with Crippen LogP contribution in [-0.4, -0.2) is 9.97 Å². The highest BCUT2D eigenvalue weighted by atomic mass is 35.5. The summed E-state index contributed by atoms with van der Waals surface area (Å²) in [5.41, 5.74) is 2.16. The third-order valence-electron chi connectivity index (χ3n) is 2.65. The van der Waals surface area contributed by atoms with Crippen LogP contribution in [0.4, 0.5) is 0 Å². The number of fused-ring (bicyclic) bond motifs is 1. The fourth-order valence-corrected chi connectivity index (χ4v) is 2.84. The average molecular weight is 275 g/mol. The Balaban J connectivity index is 1.76. The number of H-pyrrole nitrogens is 1. The molecule has 4 heteroatoms. The zero-order valence-electron chi connectivity index (χ0n) is 9.56. The van der Waals surface area contributed by atoms with Gasteiger partial charge >= 0.3 is 0 Å². The van der Waals surface area contributed by atoms with Gasteiger partial charge < -0.3 is 4.98 Å². The van der Waals surface area contributed by atoms with Crippen LogP contribution < -0.4 is 0 Å². The van der Waals surface area contributed by atoms with Gasteiger partial charge in [-0.25, -0.2) is 4.98 Å². The van der Waals surface area contributed by atoms with Crippen LogP contribution in [0.5, 0.6) is 0 Å². The summed E-state index contributed by atoms with van der Waals surface area (Å²) in [6.07, 6.45) is 0. The third-order valence-corrected chi connectivity index (χ3v) is 3.84. The van der Waals surface area contributed by atoms with E-state index in [2.05, 4.69) is 28.2 Å². The lowest BCUT2D eigenvalue weighted by atomic mass is 10.3. The molecule has 1 aromatic carbocycles. The second kappa shape index (κ2) is 5.04. The highest BCUT2D eigenvalue weighted by Crippen LogP contribution is 2.25. The summed E-state index contributed by atoms with van der Waals surface area (Å²) in [4.78, 5) is 7.66. The van der Waals surface area contributed by atoms with Crippen molar-refractivity contribution < 1.29 is 0 Å². The number of pyridine rings is 1. The van der Waals surface area contributed by atoms with E-state index in [-0.39, 0.29) is 0 Å². The summed E-state index contributed by atoms with van der Waals surface area (Å²) >= 11 is 7.59. The van der Waals surface area contributed by atoms with Gasteiger partial charge in [-0.3, -0.25) is 0 Å². The maximum absolute atomic E-state index is 5.86. The molecule has 0 fully saturated rings. The highest BCUT2D eigenvalue weighted by Gasteiger charge is 2.02. The minimum absolute atomic E-state index is 0.546. The van der Waals surface area contributed by atoms with Crippen LogP contribution in [0.3, 0.4) is 0 Å². The van der Waals surface area contributed by atoms with Crippen LogP contribution in [0.1, 0.15) is 5.69 Å². The van der Waals surface area contributed by atoms with Crippen molar-refractivity contribution in [2.45, 2.75) is 10.8 Å². The topological polar surface area (TPSA) is 28.7 Å². The smallest absolute Gasteiger partial charge is 0.129 e. The van der Waals surface area contributed by atoms with Gasteiger partial charge in [0, 0.05) is 16.7 Å². The predicted molar refractivity (Wildman–Crippen MR) is 77.1 cm³/mol. The Morgan fingerprint density at radius 1 is 1.11 bits per heavy atom. The fraction of sp³-hybridized carbons (Fsp3) is 0.0714. The molecule has 3 rings (SSSR count). The quantitative estimate of drug-likeness (QED) is 0.562. The van der Waals surface area contributed by atoms with Gasteiger partial charge in [0.2, 0.25) is 0 Å². The Morgan fingerprint density at radius 2 is 2.00 bits per heavy atom. The van der Waals surface area contributed by atoms with Gasteiger partial charge in [0.1, 0.15) is 5.15 Å². The molecular weight excluding hydrogens is 264 g/mol. The van der Waals surface area contributed by atoms with E-state index in [1.54, 1.807) is 17.8 Å². The molecule has 0 amide bonds. The van der Waals surface area contributed by atoms with Gasteiger partial charge in [0.25, 0.3) is 0 Å². The van der Waals surface area contributed by atoms with Crippen molar-refractivity contribution in [2.75, 3.05) is 0 Å². The molecular formula is C14H11ClN2S. The summed E-state index contributed by atoms with van der Waals surface area (Å²) in [5.74, 6) is 0.813. The normalized spacial score (nSPS) is 10.9. The number of aromatic nitrogens is 2. The molecule has 1 N–H and O–H groups in total. The zero-order valence-corrected chi connectivity index (χ0v) is 11.1. The summed E-state index contributed by atoms with van der Waals surface area (Å²) in [5, 5.41) is 2.93. The van der Waals surface area contributed by atoms with E-state index in [9.17, 15) is 0 Å². The van der Waals surface area contributed by atoms with Crippen LogP contribution >= 0.6 is 23.4 Å². The molecule has 3 aromatic rings. The number of hydrogen-bond acceptors (Lipinski definition) is 2. The van der Waals surface area contributed by atoms with Gasteiger partial charge in [0.05, 0.1) is 10.7 Å². The molecule has 0 spiro atoms. The number of benzene rings is 1. The largest absolute Gasteiger partial charge is 0.350 e. The molecule has 0 unspecified atom stereocenters. The van der Waals surface area contributed by atoms with E-state index in [1.807, 2.05) is 24.3 Å². The number of hydrogen-bond donors (Lipinski definition) is 1. The second-order valence-corrected chi connectivity index (χ2v) is 5.37. The molecule has 0 bridgehead atoms. The monoisotopic (exact) mass is 274 g/mol. The molecule has 0 aliphatic carbocycles. The van der Waals surface area contributed by atoms with Crippen molar-refractivity contribution in [2.24, 2.45) is 0 Å². The molecule has 0 radical (unpaired) electrons. The van der Waals surface area contributed by atoms with E-state index in [0.29, 0.717) is 5.15 Å². The SMILES string of the molecule is Clc1cccc(CSc2cc3ccccc3[nH]2)n1. The van der Waals surface area contributed by atoms with Crippen molar-refractivity contribution in [3.8, 4) is 0 Å². The van der Waals surface area contributed by atoms with Gasteiger partial charge in [-0.2, -0.15) is 0 Å². The number of thioether (sulfide) groups is 1. The Kier molecular flexibility index (Phi) is 3.26. The molecule has 90 valence electrons. The third kappa shape index (κ3) is 2.52. The minimum Gasteiger partial charge on any atom is -0.350 e. The van der Waals surface area contributed by atoms with Gasteiger partial charge in [-0.05, 0) is 24.3 Å². The number of para-hydroxylation sites is 1. The Bertz CT molecular complexity index is 645. The van der Waals surface area contributed by atoms with Crippen LogP contribution in [0.2, 0.25) is 5.15 Å². The van der Waals surface area contributed by atoms with Crippen molar-refractivity contribution in [1.82, 2.24) is 9.97 Å². The van der Waals surface area contributed by atoms with E-state index in [4.69, 9.17) is 11.6 Å². The molecule has 0 aliphatic rings. The van der Waals surface area contributed by atoms with Crippen molar-refractivity contribution >= 4 is 34.3 Å². The number of rotatable bonds is 3. The molecule has 0 atom stereocenters. The lowest BCUT2D eigenvalue weighted by Gasteiger charge is -1.99. The first kappa shape index (κ1) is 11.6. The van der Waals surface area contributed by atoms with E-state index < -0.39 is 0 Å². The standard InChI is InChI=1S/C14H11ClN2S/c15-13-7-3-5-11(16-13)9-18-14-8-10-4-1-2-6-12(10)17-14/h1-8,17H,9H2. The van der Waals surface area contributed by atoms with Crippen molar-refractivity contribution in [1.29, 1.82) is 0 Å². The number of aromatic amines is 1. The lowest BCUT2D eigenvalue weighted by Crippen LogP contribution is -1.86. The molecule has 0 aliphatic heterocycles. The van der Waals surface area contributed by atoms with Crippen molar-refractivity contribution in [3.05, 3.63) is 59.4 Å². The first-order valence-corrected chi connectivity index (χ1v) is 6.99. The van der Waals surface area contributed by atoms with E-state index in [1.165, 1.54) is 10.9 Å². The van der Waals surface area contributed by atoms with Gasteiger partial charge in [0.15, 0.2) is 0 Å². The average Bonchev–Trinajstić information content (AvgIpc) is 2.79. The highest BCUT2D eigenvalue weighted by molar-refractivity contribution is 7.98. The summed E-state index contributed by atoms with van der Waals surface area (Å²) in [7, 11) is 0. The lowest BCUT2D eigenvalue weighted by molar-refractivity contribution is 1.16. The van der Waals surface area contributed by atoms with Crippen LogP contribution in [0, 0.1) is 0 Å². The predicted octanol–water partition coefficient (Wildman–Crippen LogP) is 4.51. The molecule has 2 aromatic heterocycles. The van der Waals surface area contributed by atoms with Gasteiger partial charge in [-0.1, -0.05) is 35.9 Å². The first-order chi connectivity index (χ1) is 8.81. The molecule has 0 saturated carbocycles. The van der Waals surface area contributed by atoms with E-state index in [0.717, 1.165) is 16.5 Å². The number of halogens is 1. The van der Waals surface area contributed by atoms with Crippen LogP contribution in [0.25, 0.3) is 10.9 Å². The maximum atomic E-state index is 5.86. The summed E-state index contributed by atoms with van der Waals surface area (Å²) in [6, 6.07) is 16.1. The zero-order chi connectivity index (χ0) is 12.4. The molecule has 2 heterocycles. The van der Waals surface area contributed by atoms with Crippen LogP contribution in [-0.2, 0) is 5.75 Å². The Hall–Kier alpha value is -1.45. The summed E-state index contributed by atoms with van der Waals surface area (Å²) < 4.78 is 0. The fourth-order valence-electron chi connectivity index (χ4n) is 1.81. The summed E-state index contributed by atoms with van der Waals surface area (Å²) in [6.45, 7) is 0. The number of nitrogens with one attached hydrogen (secondary N) is 1. The van der Waals surface area contributed by atoms with Crippen molar-refractivity contribution in [3.63, 3.8) is 0 Å². The minimum atomic E-state index is 0.546. The Labute approximate surface area is 114 Å². The maximum Gasteiger partial charge on any atom is 0.129 e. The molecule has 18 heavy (non-hydrogen) atoms. The van der Waals surface area contributed by atoms with Gasteiger partial charge in [-0.15, -0.1) is 11.8 Å². The van der Waals surface area contributed by atoms with E-state index >= 15 is 0 Å². The molecule has 0 saturated heterocycles. The van der Waals surface area contributed by atoms with Crippen LogP contribution in [0.15, 0.2) is 53.6 Å². The molecule has 2 nitrogen and oxygen atoms in total. The second-order valence-electron chi connectivity index (χ2n) is 3.96. The Morgan fingerprint density at radius 3 is 2.83 bits per heavy atom.